The Kier molecular flexibility index (Phi) is 8.43. The average molecular weight is 227 g/mol. The van der Waals surface area contributed by atoms with Crippen molar-refractivity contribution in [1.82, 2.24) is 0 Å². The van der Waals surface area contributed by atoms with Gasteiger partial charge in [-0.15, -0.1) is 6.58 Å². The molecule has 0 saturated carbocycles. The number of carbonyl (C=O) groups excluding carboxylic acids is 1. The highest BCUT2D eigenvalue weighted by Crippen LogP contribution is 2.07. The van der Waals surface area contributed by atoms with E-state index in [1.54, 1.807) is 6.08 Å². The third-order valence-corrected chi connectivity index (χ3v) is 2.42. The first-order valence-electron chi connectivity index (χ1n) is 5.69. The number of carboxylic acid groups (broad SMARTS) is 1. The van der Waals surface area contributed by atoms with Gasteiger partial charge in [-0.1, -0.05) is 18.9 Å². The van der Waals surface area contributed by atoms with Gasteiger partial charge in [0.25, 0.3) is 0 Å². The zero-order chi connectivity index (χ0) is 12.4. The van der Waals surface area contributed by atoms with Crippen LogP contribution in [0, 0.1) is 0 Å². The molecule has 4 nitrogen and oxygen atoms in total. The Balaban J connectivity index is 3.36. The van der Waals surface area contributed by atoms with Crippen LogP contribution in [0.2, 0.25) is 0 Å². The Morgan fingerprint density at radius 3 is 2.50 bits per heavy atom. The van der Waals surface area contributed by atoms with E-state index in [1.807, 2.05) is 0 Å². The highest BCUT2D eigenvalue weighted by molar-refractivity contribution is 5.78. The molecule has 0 aromatic rings. The fraction of sp³-hybridized carbons (Fsp3) is 0.667. The van der Waals surface area contributed by atoms with Gasteiger partial charge in [0.1, 0.15) is 11.8 Å². The normalized spacial score (nSPS) is 12.1. The lowest BCUT2D eigenvalue weighted by atomic mass is 10.0. The highest BCUT2D eigenvalue weighted by atomic mass is 16.4. The molecule has 1 atom stereocenters. The predicted molar refractivity (Wildman–Crippen MR) is 63.1 cm³/mol. The van der Waals surface area contributed by atoms with Gasteiger partial charge in [0.15, 0.2) is 0 Å². The Morgan fingerprint density at radius 2 is 1.94 bits per heavy atom. The fourth-order valence-corrected chi connectivity index (χ4v) is 1.37. The van der Waals surface area contributed by atoms with E-state index in [0.29, 0.717) is 19.3 Å². The van der Waals surface area contributed by atoms with Crippen LogP contribution in [-0.2, 0) is 9.59 Å². The van der Waals surface area contributed by atoms with E-state index < -0.39 is 12.0 Å². The van der Waals surface area contributed by atoms with E-state index >= 15 is 0 Å². The van der Waals surface area contributed by atoms with Gasteiger partial charge in [-0.2, -0.15) is 0 Å². The maximum Gasteiger partial charge on any atom is 0.320 e. The van der Waals surface area contributed by atoms with Gasteiger partial charge < -0.3 is 10.8 Å². The van der Waals surface area contributed by atoms with Crippen molar-refractivity contribution in [3.63, 3.8) is 0 Å². The summed E-state index contributed by atoms with van der Waals surface area (Å²) in [5.74, 6) is -0.704. The molecule has 16 heavy (non-hydrogen) atoms. The first-order chi connectivity index (χ1) is 7.57. The van der Waals surface area contributed by atoms with Crippen molar-refractivity contribution >= 4 is 11.8 Å². The quantitative estimate of drug-likeness (QED) is 0.441. The predicted octanol–water partition coefficient (Wildman–Crippen LogP) is 1.88. The summed E-state index contributed by atoms with van der Waals surface area (Å²) in [6, 6.07) is -0.767. The lowest BCUT2D eigenvalue weighted by Gasteiger charge is -2.05. The number of unbranched alkanes of at least 4 members (excludes halogenated alkanes) is 2. The van der Waals surface area contributed by atoms with Crippen molar-refractivity contribution in [1.29, 1.82) is 0 Å². The van der Waals surface area contributed by atoms with Crippen LogP contribution >= 0.6 is 0 Å². The molecular weight excluding hydrogens is 206 g/mol. The smallest absolute Gasteiger partial charge is 0.320 e. The molecule has 0 aliphatic heterocycles. The molecule has 0 amide bonds. The summed E-state index contributed by atoms with van der Waals surface area (Å²) in [6.45, 7) is 3.56. The van der Waals surface area contributed by atoms with Crippen molar-refractivity contribution in [3.05, 3.63) is 12.7 Å². The minimum absolute atomic E-state index is 0.252. The summed E-state index contributed by atoms with van der Waals surface area (Å²) in [7, 11) is 0. The van der Waals surface area contributed by atoms with Crippen LogP contribution in [0.15, 0.2) is 12.7 Å². The molecule has 4 heteroatoms. The van der Waals surface area contributed by atoms with Gasteiger partial charge in [-0.3, -0.25) is 9.59 Å². The third kappa shape index (κ3) is 8.17. The molecule has 0 aliphatic rings. The van der Waals surface area contributed by atoms with Crippen molar-refractivity contribution in [3.8, 4) is 0 Å². The van der Waals surface area contributed by atoms with Crippen molar-refractivity contribution in [2.45, 2.75) is 51.0 Å². The minimum Gasteiger partial charge on any atom is -0.480 e. The monoisotopic (exact) mass is 227 g/mol. The molecule has 0 aliphatic carbocycles. The second-order valence-corrected chi connectivity index (χ2v) is 3.91. The van der Waals surface area contributed by atoms with E-state index in [1.165, 1.54) is 0 Å². The van der Waals surface area contributed by atoms with Gasteiger partial charge in [-0.25, -0.2) is 0 Å². The summed E-state index contributed by atoms with van der Waals surface area (Å²) in [4.78, 5) is 21.6. The number of ketones is 1. The Hall–Kier alpha value is -1.16. The Labute approximate surface area is 96.5 Å². The maximum absolute atomic E-state index is 11.2. The van der Waals surface area contributed by atoms with Crippen LogP contribution in [0.4, 0.5) is 0 Å². The van der Waals surface area contributed by atoms with E-state index in [2.05, 4.69) is 6.58 Å². The second-order valence-electron chi connectivity index (χ2n) is 3.91. The lowest BCUT2D eigenvalue weighted by molar-refractivity contribution is -0.138. The number of hydrogen-bond acceptors (Lipinski definition) is 3. The summed E-state index contributed by atoms with van der Waals surface area (Å²) in [5.41, 5.74) is 5.35. The minimum atomic E-state index is -0.956. The molecule has 92 valence electrons. The number of hydrogen-bond donors (Lipinski definition) is 2. The molecule has 0 fully saturated rings. The zero-order valence-electron chi connectivity index (χ0n) is 9.65. The van der Waals surface area contributed by atoms with Gasteiger partial charge in [0.05, 0.1) is 0 Å². The second kappa shape index (κ2) is 9.09. The molecule has 0 radical (unpaired) electrons. The summed E-state index contributed by atoms with van der Waals surface area (Å²) in [5, 5.41) is 8.54. The van der Waals surface area contributed by atoms with Crippen LogP contribution in [0.25, 0.3) is 0 Å². The fourth-order valence-electron chi connectivity index (χ4n) is 1.37. The van der Waals surface area contributed by atoms with Crippen LogP contribution in [-0.4, -0.2) is 22.9 Å². The molecule has 0 heterocycles. The van der Waals surface area contributed by atoms with Crippen molar-refractivity contribution < 1.29 is 14.7 Å². The van der Waals surface area contributed by atoms with Gasteiger partial charge in [-0.05, 0) is 19.3 Å². The average Bonchev–Trinajstić information content (AvgIpc) is 2.25. The maximum atomic E-state index is 11.2. The first kappa shape index (κ1) is 14.8. The highest BCUT2D eigenvalue weighted by Gasteiger charge is 2.10. The number of aliphatic carboxylic acids is 1. The largest absolute Gasteiger partial charge is 0.480 e. The van der Waals surface area contributed by atoms with Crippen LogP contribution in [0.5, 0.6) is 0 Å². The number of carboxylic acids is 1. The Morgan fingerprint density at radius 1 is 1.25 bits per heavy atom. The SMILES string of the molecule is C=CCCC(=O)CCCCC[C@H](N)C(=O)O. The first-order valence-corrected chi connectivity index (χ1v) is 5.69. The molecule has 0 spiro atoms. The molecular formula is C12H21NO3. The van der Waals surface area contributed by atoms with E-state index in [4.69, 9.17) is 10.8 Å². The molecule has 3 N–H and O–H groups in total. The molecule has 0 unspecified atom stereocenters. The number of rotatable bonds is 10. The van der Waals surface area contributed by atoms with Gasteiger partial charge in [0.2, 0.25) is 0 Å². The summed E-state index contributed by atoms with van der Waals surface area (Å²) < 4.78 is 0. The molecule has 0 rings (SSSR count). The topological polar surface area (TPSA) is 80.4 Å². The number of Topliss-reactive ketones (excluding diaryl/α,β-unsaturated/α-hetero) is 1. The Bertz CT molecular complexity index is 238. The summed E-state index contributed by atoms with van der Waals surface area (Å²) >= 11 is 0. The van der Waals surface area contributed by atoms with Crippen LogP contribution < -0.4 is 5.73 Å². The molecule has 0 saturated heterocycles. The standard InChI is InChI=1S/C12H21NO3/c1-2-3-7-10(14)8-5-4-6-9-11(13)12(15)16/h2,11H,1,3-9,13H2,(H,15,16)/t11-/m0/s1. The van der Waals surface area contributed by atoms with Crippen LogP contribution in [0.3, 0.4) is 0 Å². The van der Waals surface area contributed by atoms with Gasteiger partial charge in [0, 0.05) is 12.8 Å². The van der Waals surface area contributed by atoms with Crippen LogP contribution in [0.1, 0.15) is 44.9 Å². The van der Waals surface area contributed by atoms with Gasteiger partial charge >= 0.3 is 5.97 Å². The molecule has 0 bridgehead atoms. The van der Waals surface area contributed by atoms with E-state index in [0.717, 1.165) is 25.7 Å². The number of carbonyl (C=O) groups is 2. The zero-order valence-corrected chi connectivity index (χ0v) is 9.65. The number of nitrogens with two attached hydrogens (primary N) is 1. The molecule has 0 aromatic carbocycles. The number of allylic oxidation sites excluding steroid dienone is 1. The van der Waals surface area contributed by atoms with Crippen molar-refractivity contribution in [2.75, 3.05) is 0 Å². The third-order valence-electron chi connectivity index (χ3n) is 2.42. The van der Waals surface area contributed by atoms with E-state index in [9.17, 15) is 9.59 Å². The molecule has 0 aromatic heterocycles. The summed E-state index contributed by atoms with van der Waals surface area (Å²) in [6.07, 6.45) is 6.56. The van der Waals surface area contributed by atoms with E-state index in [-0.39, 0.29) is 5.78 Å². The van der Waals surface area contributed by atoms with Crippen molar-refractivity contribution in [2.24, 2.45) is 5.73 Å². The lowest BCUT2D eigenvalue weighted by Crippen LogP contribution is -2.29.